The average Bonchev–Trinajstić information content (AvgIpc) is 2.63. The minimum absolute atomic E-state index is 0.0677. The van der Waals surface area contributed by atoms with E-state index in [2.05, 4.69) is 0 Å². The number of benzene rings is 2. The lowest BCUT2D eigenvalue weighted by Crippen LogP contribution is -2.37. The van der Waals surface area contributed by atoms with E-state index >= 15 is 0 Å². The van der Waals surface area contributed by atoms with Gasteiger partial charge < -0.3 is 13.9 Å². The highest BCUT2D eigenvalue weighted by Crippen LogP contribution is 2.35. The van der Waals surface area contributed by atoms with E-state index in [0.717, 1.165) is 11.8 Å². The summed E-state index contributed by atoms with van der Waals surface area (Å²) in [4.78, 5) is 0. The summed E-state index contributed by atoms with van der Waals surface area (Å²) in [6.07, 6.45) is -0.628. The highest BCUT2D eigenvalue weighted by Gasteiger charge is 2.32. The molecule has 0 saturated carbocycles. The zero-order chi connectivity index (χ0) is 21.7. The van der Waals surface area contributed by atoms with Crippen LogP contribution in [0, 0.1) is 0 Å². The molecule has 9 heteroatoms. The second-order valence-corrected chi connectivity index (χ2v) is 14.1. The van der Waals surface area contributed by atoms with Crippen LogP contribution in [0.3, 0.4) is 0 Å². The van der Waals surface area contributed by atoms with Crippen LogP contribution in [0.2, 0.25) is 24.7 Å². The molecule has 0 unspecified atom stereocenters. The molecular formula is C20H27ClO6SSi. The fourth-order valence-electron chi connectivity index (χ4n) is 2.60. The first-order valence-corrected chi connectivity index (χ1v) is 14.7. The molecule has 0 saturated heterocycles. The Morgan fingerprint density at radius 3 is 2.24 bits per heavy atom. The van der Waals surface area contributed by atoms with Crippen molar-refractivity contribution >= 4 is 30.0 Å². The molecule has 0 spiro atoms. The molecule has 0 aliphatic rings. The van der Waals surface area contributed by atoms with Gasteiger partial charge in [0.25, 0.3) is 10.1 Å². The minimum atomic E-state index is -3.76. The van der Waals surface area contributed by atoms with E-state index in [-0.39, 0.29) is 6.61 Å². The Labute approximate surface area is 179 Å². The summed E-state index contributed by atoms with van der Waals surface area (Å²) in [5.74, 6) is 0.850. The van der Waals surface area contributed by atoms with E-state index < -0.39 is 30.6 Å². The lowest BCUT2D eigenvalue weighted by atomic mass is 10.0. The monoisotopic (exact) mass is 458 g/mol. The van der Waals surface area contributed by atoms with E-state index in [0.29, 0.717) is 16.5 Å². The maximum absolute atomic E-state index is 12.0. The first-order valence-electron chi connectivity index (χ1n) is 9.06. The second kappa shape index (κ2) is 9.95. The molecular weight excluding hydrogens is 432 g/mol. The Hall–Kier alpha value is -1.58. The normalized spacial score (nSPS) is 14.3. The highest BCUT2D eigenvalue weighted by molar-refractivity contribution is 7.86. The lowest BCUT2D eigenvalue weighted by molar-refractivity contribution is 0.0229. The largest absolute Gasteiger partial charge is 0.493 e. The Balaban J connectivity index is 2.46. The van der Waals surface area contributed by atoms with Crippen LogP contribution in [0.15, 0.2) is 48.5 Å². The van der Waals surface area contributed by atoms with Gasteiger partial charge in [0, 0.05) is 11.1 Å². The van der Waals surface area contributed by atoms with Gasteiger partial charge in [-0.3, -0.25) is 4.18 Å². The molecule has 0 aliphatic carbocycles. The molecule has 0 fully saturated rings. The summed E-state index contributed by atoms with van der Waals surface area (Å²) in [5, 5.41) is 0.497. The number of hydrogen-bond donors (Lipinski definition) is 0. The van der Waals surface area contributed by atoms with Crippen molar-refractivity contribution in [2.75, 3.05) is 20.0 Å². The Kier molecular flexibility index (Phi) is 8.13. The topological polar surface area (TPSA) is 71.1 Å². The molecule has 2 rings (SSSR count). The Bertz CT molecular complexity index is 899. The van der Waals surface area contributed by atoms with Crippen LogP contribution in [0.4, 0.5) is 0 Å². The van der Waals surface area contributed by atoms with Crippen molar-refractivity contribution in [1.82, 2.24) is 0 Å². The van der Waals surface area contributed by atoms with E-state index in [4.69, 9.17) is 29.7 Å². The van der Waals surface area contributed by atoms with Crippen molar-refractivity contribution in [1.29, 1.82) is 0 Å². The quantitative estimate of drug-likeness (QED) is 0.380. The Morgan fingerprint density at radius 1 is 1.03 bits per heavy atom. The van der Waals surface area contributed by atoms with Crippen LogP contribution in [0.5, 0.6) is 11.5 Å². The maximum atomic E-state index is 12.0. The van der Waals surface area contributed by atoms with Gasteiger partial charge in [-0.15, -0.1) is 0 Å². The van der Waals surface area contributed by atoms with Gasteiger partial charge in [-0.05, 0) is 37.3 Å². The standard InChI is InChI=1S/C20H27ClO6SSi/c1-24-18-13-16(21)11-12-17(18)26-20(15-9-7-6-8-10-15)19(27-28(2,22)23)14-25-29(3,4)5/h6-13,19-20H,14H2,1-5H3/t19-,20-/m1/s1. The van der Waals surface area contributed by atoms with Gasteiger partial charge >= 0.3 is 0 Å². The minimum Gasteiger partial charge on any atom is -0.493 e. The number of ether oxygens (including phenoxy) is 2. The first-order chi connectivity index (χ1) is 13.5. The van der Waals surface area contributed by atoms with Gasteiger partial charge in [-0.2, -0.15) is 8.42 Å². The molecule has 29 heavy (non-hydrogen) atoms. The van der Waals surface area contributed by atoms with Gasteiger partial charge in [0.05, 0.1) is 20.0 Å². The van der Waals surface area contributed by atoms with Crippen LogP contribution in [-0.2, 0) is 18.7 Å². The molecule has 0 N–H and O–H groups in total. The van der Waals surface area contributed by atoms with Gasteiger partial charge in [-0.1, -0.05) is 41.9 Å². The zero-order valence-electron chi connectivity index (χ0n) is 17.2. The molecule has 0 amide bonds. The van der Waals surface area contributed by atoms with Crippen molar-refractivity contribution in [2.24, 2.45) is 0 Å². The molecule has 0 radical (unpaired) electrons. The van der Waals surface area contributed by atoms with E-state index in [1.54, 1.807) is 18.2 Å². The summed E-state index contributed by atoms with van der Waals surface area (Å²) in [6.45, 7) is 6.12. The summed E-state index contributed by atoms with van der Waals surface area (Å²) >= 11 is 6.04. The van der Waals surface area contributed by atoms with Gasteiger partial charge in [0.15, 0.2) is 25.9 Å². The van der Waals surface area contributed by atoms with Crippen molar-refractivity contribution in [2.45, 2.75) is 31.8 Å². The van der Waals surface area contributed by atoms with Crippen molar-refractivity contribution in [3.8, 4) is 11.5 Å². The predicted molar refractivity (Wildman–Crippen MR) is 117 cm³/mol. The van der Waals surface area contributed by atoms with Crippen molar-refractivity contribution in [3.63, 3.8) is 0 Å². The third-order valence-corrected chi connectivity index (χ3v) is 5.69. The van der Waals surface area contributed by atoms with Crippen LogP contribution >= 0.6 is 11.6 Å². The smallest absolute Gasteiger partial charge is 0.264 e. The van der Waals surface area contributed by atoms with Gasteiger partial charge in [-0.25, -0.2) is 0 Å². The van der Waals surface area contributed by atoms with Crippen LogP contribution in [0.25, 0.3) is 0 Å². The third-order valence-electron chi connectivity index (χ3n) is 3.82. The third kappa shape index (κ3) is 7.98. The molecule has 0 aliphatic heterocycles. The van der Waals surface area contributed by atoms with E-state index in [1.165, 1.54) is 7.11 Å². The number of rotatable bonds is 10. The molecule has 0 bridgehead atoms. The summed E-state index contributed by atoms with van der Waals surface area (Å²) < 4.78 is 46.9. The summed E-state index contributed by atoms with van der Waals surface area (Å²) in [7, 11) is -4.18. The number of hydrogen-bond acceptors (Lipinski definition) is 6. The fraction of sp³-hybridized carbons (Fsp3) is 0.400. The van der Waals surface area contributed by atoms with Crippen LogP contribution in [-0.4, -0.2) is 42.8 Å². The second-order valence-electron chi connectivity index (χ2n) is 7.51. The number of methoxy groups -OCH3 is 1. The lowest BCUT2D eigenvalue weighted by Gasteiger charge is -2.30. The van der Waals surface area contributed by atoms with Gasteiger partial charge in [0.1, 0.15) is 6.10 Å². The SMILES string of the molecule is COc1cc(Cl)ccc1O[C@H](c1ccccc1)[C@@H](CO[Si](C)(C)C)OS(C)(=O)=O. The van der Waals surface area contributed by atoms with E-state index in [9.17, 15) is 8.42 Å². The summed E-state index contributed by atoms with van der Waals surface area (Å²) in [5.41, 5.74) is 0.748. The molecule has 160 valence electrons. The highest BCUT2D eigenvalue weighted by atomic mass is 35.5. The summed E-state index contributed by atoms with van der Waals surface area (Å²) in [6, 6.07) is 14.2. The molecule has 2 aromatic rings. The van der Waals surface area contributed by atoms with Crippen molar-refractivity contribution < 1.29 is 26.5 Å². The molecule has 0 aromatic heterocycles. The molecule has 2 atom stereocenters. The fourth-order valence-corrected chi connectivity index (χ4v) is 4.03. The zero-order valence-corrected chi connectivity index (χ0v) is 19.8. The van der Waals surface area contributed by atoms with Crippen molar-refractivity contribution in [3.05, 3.63) is 59.1 Å². The van der Waals surface area contributed by atoms with Crippen LogP contribution < -0.4 is 9.47 Å². The maximum Gasteiger partial charge on any atom is 0.264 e. The molecule has 6 nitrogen and oxygen atoms in total. The molecule has 0 heterocycles. The van der Waals surface area contributed by atoms with E-state index in [1.807, 2.05) is 50.0 Å². The molecule has 2 aromatic carbocycles. The van der Waals surface area contributed by atoms with Crippen LogP contribution in [0.1, 0.15) is 11.7 Å². The predicted octanol–water partition coefficient (Wildman–Crippen LogP) is 4.67. The van der Waals surface area contributed by atoms with Gasteiger partial charge in [0.2, 0.25) is 0 Å². The first kappa shape index (κ1) is 23.7. The average molecular weight is 459 g/mol. The Morgan fingerprint density at radius 2 is 1.69 bits per heavy atom. The number of halogens is 1.